The number of carbonyl (C=O) groups is 1. The summed E-state index contributed by atoms with van der Waals surface area (Å²) in [6.07, 6.45) is 0.350. The van der Waals surface area contributed by atoms with Crippen LogP contribution in [0.1, 0.15) is 16.8 Å². The molecule has 0 radical (unpaired) electrons. The van der Waals surface area contributed by atoms with E-state index < -0.39 is 0 Å². The Morgan fingerprint density at radius 1 is 1.54 bits per heavy atom. The van der Waals surface area contributed by atoms with Crippen molar-refractivity contribution in [2.45, 2.75) is 6.42 Å². The van der Waals surface area contributed by atoms with Gasteiger partial charge in [0.05, 0.1) is 0 Å². The molecule has 0 heterocycles. The molecule has 0 bridgehead atoms. The van der Waals surface area contributed by atoms with Crippen LogP contribution in [0.5, 0.6) is 0 Å². The van der Waals surface area contributed by atoms with Crippen LogP contribution in [0.2, 0.25) is 0 Å². The van der Waals surface area contributed by atoms with Crippen molar-refractivity contribution in [3.8, 4) is 0 Å². The van der Waals surface area contributed by atoms with E-state index in [-0.39, 0.29) is 5.78 Å². The summed E-state index contributed by atoms with van der Waals surface area (Å²) in [7, 11) is 0. The quantitative estimate of drug-likeness (QED) is 0.517. The van der Waals surface area contributed by atoms with E-state index >= 15 is 0 Å². The van der Waals surface area contributed by atoms with Gasteiger partial charge in [-0.25, -0.2) is 0 Å². The molecule has 0 amide bonds. The summed E-state index contributed by atoms with van der Waals surface area (Å²) >= 11 is 8.71. The molecular weight excluding hydrogens is 253 g/mol. The maximum Gasteiger partial charge on any atom is 0.164 e. The van der Waals surface area contributed by atoms with Crippen LogP contribution in [0.25, 0.3) is 0 Å². The smallest absolute Gasteiger partial charge is 0.164 e. The van der Waals surface area contributed by atoms with E-state index in [1.165, 1.54) is 0 Å². The monoisotopic (exact) mass is 261 g/mol. The van der Waals surface area contributed by atoms with Crippen LogP contribution < -0.4 is 5.73 Å². The fraction of sp³-hybridized carbons (Fsp3) is 0.222. The Morgan fingerprint density at radius 2 is 2.23 bits per heavy atom. The van der Waals surface area contributed by atoms with Crippen molar-refractivity contribution in [2.24, 2.45) is 0 Å². The van der Waals surface area contributed by atoms with Crippen LogP contribution in [0.15, 0.2) is 22.7 Å². The highest BCUT2D eigenvalue weighted by atomic mass is 79.9. The highest BCUT2D eigenvalue weighted by Crippen LogP contribution is 2.20. The maximum absolute atomic E-state index is 11.4. The van der Waals surface area contributed by atoms with Crippen molar-refractivity contribution in [1.82, 2.24) is 0 Å². The number of rotatable bonds is 3. The van der Waals surface area contributed by atoms with E-state index in [1.54, 1.807) is 18.2 Å². The number of hydrogen-bond acceptors (Lipinski definition) is 2. The van der Waals surface area contributed by atoms with Gasteiger partial charge in [-0.1, -0.05) is 6.07 Å². The number of alkyl halides is 1. The third-order valence-corrected chi connectivity index (χ3v) is 2.55. The van der Waals surface area contributed by atoms with E-state index in [0.717, 1.165) is 4.47 Å². The van der Waals surface area contributed by atoms with Gasteiger partial charge in [-0.05, 0) is 28.1 Å². The first-order chi connectivity index (χ1) is 6.15. The molecule has 0 spiro atoms. The molecule has 0 saturated heterocycles. The standard InChI is InChI=1S/C9H9BrClNO/c10-7-2-1-6(5-8(7)12)9(13)3-4-11/h1-2,5H,3-4,12H2. The summed E-state index contributed by atoms with van der Waals surface area (Å²) in [6.45, 7) is 0. The minimum atomic E-state index is 0.0224. The molecule has 0 aromatic heterocycles. The average molecular weight is 263 g/mol. The van der Waals surface area contributed by atoms with Gasteiger partial charge in [0.2, 0.25) is 0 Å². The van der Waals surface area contributed by atoms with E-state index in [1.807, 2.05) is 0 Å². The lowest BCUT2D eigenvalue weighted by Crippen LogP contribution is -2.00. The highest BCUT2D eigenvalue weighted by molar-refractivity contribution is 9.10. The van der Waals surface area contributed by atoms with Crippen LogP contribution >= 0.6 is 27.5 Å². The van der Waals surface area contributed by atoms with Crippen LogP contribution in [0.4, 0.5) is 5.69 Å². The second kappa shape index (κ2) is 4.63. The van der Waals surface area contributed by atoms with E-state index in [4.69, 9.17) is 17.3 Å². The number of ketones is 1. The number of hydrogen-bond donors (Lipinski definition) is 1. The van der Waals surface area contributed by atoms with Gasteiger partial charge in [-0.2, -0.15) is 0 Å². The molecule has 2 N–H and O–H groups in total. The van der Waals surface area contributed by atoms with Gasteiger partial charge >= 0.3 is 0 Å². The molecule has 0 saturated carbocycles. The summed E-state index contributed by atoms with van der Waals surface area (Å²) in [6, 6.07) is 5.14. The van der Waals surface area contributed by atoms with Gasteiger partial charge in [0, 0.05) is 28.0 Å². The summed E-state index contributed by atoms with van der Waals surface area (Å²) in [5.41, 5.74) is 6.80. The Morgan fingerprint density at radius 3 is 2.77 bits per heavy atom. The third kappa shape index (κ3) is 2.71. The molecule has 0 aliphatic heterocycles. The summed E-state index contributed by atoms with van der Waals surface area (Å²) in [4.78, 5) is 11.4. The second-order valence-electron chi connectivity index (χ2n) is 2.60. The molecule has 0 aliphatic carbocycles. The number of Topliss-reactive ketones (excluding diaryl/α,β-unsaturated/α-hetero) is 1. The SMILES string of the molecule is Nc1cc(C(=O)CCCl)ccc1Br. The molecule has 0 atom stereocenters. The number of carbonyl (C=O) groups excluding carboxylic acids is 1. The molecule has 13 heavy (non-hydrogen) atoms. The molecule has 0 unspecified atom stereocenters. The lowest BCUT2D eigenvalue weighted by Gasteiger charge is -2.01. The zero-order chi connectivity index (χ0) is 9.84. The minimum absolute atomic E-state index is 0.0224. The first kappa shape index (κ1) is 10.5. The lowest BCUT2D eigenvalue weighted by molar-refractivity contribution is 0.0989. The van der Waals surface area contributed by atoms with Gasteiger partial charge < -0.3 is 5.73 Å². The normalized spacial score (nSPS) is 10.0. The topological polar surface area (TPSA) is 43.1 Å². The van der Waals surface area contributed by atoms with E-state index in [9.17, 15) is 4.79 Å². The molecule has 1 rings (SSSR count). The molecule has 1 aromatic rings. The van der Waals surface area contributed by atoms with Gasteiger partial charge in [-0.15, -0.1) is 11.6 Å². The molecule has 70 valence electrons. The fourth-order valence-electron chi connectivity index (χ4n) is 0.947. The Balaban J connectivity index is 2.90. The maximum atomic E-state index is 11.4. The first-order valence-corrected chi connectivity index (χ1v) is 5.12. The Labute approximate surface area is 90.2 Å². The van der Waals surface area contributed by atoms with Crippen LogP contribution in [-0.2, 0) is 0 Å². The number of halogens is 2. The molecular formula is C9H9BrClNO. The highest BCUT2D eigenvalue weighted by Gasteiger charge is 2.06. The van der Waals surface area contributed by atoms with Crippen molar-refractivity contribution in [3.63, 3.8) is 0 Å². The van der Waals surface area contributed by atoms with Crippen LogP contribution in [-0.4, -0.2) is 11.7 Å². The van der Waals surface area contributed by atoms with E-state index in [0.29, 0.717) is 23.6 Å². The third-order valence-electron chi connectivity index (χ3n) is 1.64. The Kier molecular flexibility index (Phi) is 3.75. The molecule has 1 aromatic carbocycles. The Hall–Kier alpha value is -0.540. The van der Waals surface area contributed by atoms with E-state index in [2.05, 4.69) is 15.9 Å². The first-order valence-electron chi connectivity index (χ1n) is 3.79. The van der Waals surface area contributed by atoms with Gasteiger partial charge in [-0.3, -0.25) is 4.79 Å². The summed E-state index contributed by atoms with van der Waals surface area (Å²) in [5, 5.41) is 0. The summed E-state index contributed by atoms with van der Waals surface area (Å²) < 4.78 is 0.801. The number of nitrogens with two attached hydrogens (primary N) is 1. The van der Waals surface area contributed by atoms with Gasteiger partial charge in [0.25, 0.3) is 0 Å². The largest absolute Gasteiger partial charge is 0.398 e. The second-order valence-corrected chi connectivity index (χ2v) is 3.83. The van der Waals surface area contributed by atoms with Crippen molar-refractivity contribution in [3.05, 3.63) is 28.2 Å². The lowest BCUT2D eigenvalue weighted by atomic mass is 10.1. The average Bonchev–Trinajstić information content (AvgIpc) is 2.10. The van der Waals surface area contributed by atoms with Crippen molar-refractivity contribution in [1.29, 1.82) is 0 Å². The fourth-order valence-corrected chi connectivity index (χ4v) is 1.37. The Bertz CT molecular complexity index is 327. The molecule has 4 heteroatoms. The summed E-state index contributed by atoms with van der Waals surface area (Å²) in [5.74, 6) is 0.364. The number of nitrogen functional groups attached to an aromatic ring is 1. The zero-order valence-corrected chi connectivity index (χ0v) is 9.23. The number of anilines is 1. The van der Waals surface area contributed by atoms with Crippen molar-refractivity contribution in [2.75, 3.05) is 11.6 Å². The minimum Gasteiger partial charge on any atom is -0.398 e. The molecule has 2 nitrogen and oxygen atoms in total. The van der Waals surface area contributed by atoms with Crippen molar-refractivity contribution < 1.29 is 4.79 Å². The van der Waals surface area contributed by atoms with Crippen LogP contribution in [0.3, 0.4) is 0 Å². The zero-order valence-electron chi connectivity index (χ0n) is 6.89. The van der Waals surface area contributed by atoms with Crippen molar-refractivity contribution >= 4 is 39.0 Å². The molecule has 0 fully saturated rings. The predicted molar refractivity (Wildman–Crippen MR) is 58.2 cm³/mol. The van der Waals surface area contributed by atoms with Gasteiger partial charge in [0.15, 0.2) is 5.78 Å². The van der Waals surface area contributed by atoms with Crippen LogP contribution in [0, 0.1) is 0 Å². The molecule has 0 aliphatic rings. The number of benzene rings is 1. The van der Waals surface area contributed by atoms with Gasteiger partial charge in [0.1, 0.15) is 0 Å². The predicted octanol–water partition coefficient (Wildman–Crippen LogP) is 2.84.